The molecule has 0 bridgehead atoms. The zero-order valence-corrected chi connectivity index (χ0v) is 14.6. The van der Waals surface area contributed by atoms with Crippen LogP contribution in [0.1, 0.15) is 65.2 Å². The van der Waals surface area contributed by atoms with E-state index in [0.717, 1.165) is 49.8 Å². The number of methoxy groups -OCH3 is 1. The van der Waals surface area contributed by atoms with E-state index in [2.05, 4.69) is 25.6 Å². The highest BCUT2D eigenvalue weighted by Gasteiger charge is 2.20. The third kappa shape index (κ3) is 10.7. The summed E-state index contributed by atoms with van der Waals surface area (Å²) >= 11 is 0. The monoisotopic (exact) mass is 302 g/mol. The fourth-order valence-electron chi connectivity index (χ4n) is 2.54. The maximum Gasteiger partial charge on any atom is 0.305 e. The van der Waals surface area contributed by atoms with Gasteiger partial charge in [0.15, 0.2) is 0 Å². The Bertz CT molecular complexity index is 265. The van der Waals surface area contributed by atoms with Gasteiger partial charge in [-0.1, -0.05) is 32.1 Å². The number of hydrogen-bond acceptors (Lipinski definition) is 3. The molecular weight excluding hydrogens is 266 g/mol. The van der Waals surface area contributed by atoms with E-state index in [-0.39, 0.29) is 12.1 Å². The Labute approximate surface area is 131 Å². The molecule has 0 heterocycles. The zero-order valence-electron chi connectivity index (χ0n) is 14.6. The lowest BCUT2D eigenvalue weighted by Gasteiger charge is -2.34. The second kappa shape index (κ2) is 12.0. The fraction of sp³-hybridized carbons (Fsp3) is 0.941. The number of quaternary nitrogens is 1. The minimum absolute atomic E-state index is 0.105. The van der Waals surface area contributed by atoms with Crippen LogP contribution >= 0.6 is 0 Å². The first-order valence-corrected chi connectivity index (χ1v) is 8.55. The fourth-order valence-corrected chi connectivity index (χ4v) is 2.54. The summed E-state index contributed by atoms with van der Waals surface area (Å²) in [5, 5.41) is 10.1. The molecule has 1 atom stereocenters. The molecule has 0 aromatic carbocycles. The molecule has 0 unspecified atom stereocenters. The Morgan fingerprint density at radius 3 is 2.10 bits per heavy atom. The third-order valence-electron chi connectivity index (χ3n) is 4.57. The van der Waals surface area contributed by atoms with Gasteiger partial charge in [0.25, 0.3) is 0 Å². The van der Waals surface area contributed by atoms with Gasteiger partial charge in [-0.15, -0.1) is 0 Å². The van der Waals surface area contributed by atoms with Crippen LogP contribution in [0.2, 0.25) is 0 Å². The Hall–Kier alpha value is -0.610. The standard InChI is InChI=1S/C17H36NO3/c1-5-18(3,6-2)15-16(19)13-11-9-7-8-10-12-14-17(20)21-4/h16,19H,5-15H2,1-4H3/q+1/t16-/m0/s1. The Balaban J connectivity index is 3.48. The molecule has 0 amide bonds. The van der Waals surface area contributed by atoms with Gasteiger partial charge >= 0.3 is 5.97 Å². The van der Waals surface area contributed by atoms with Crippen LogP contribution in [0.25, 0.3) is 0 Å². The number of aliphatic hydroxyl groups is 1. The predicted octanol–water partition coefficient (Wildman–Crippen LogP) is 3.13. The average Bonchev–Trinajstić information content (AvgIpc) is 2.49. The summed E-state index contributed by atoms with van der Waals surface area (Å²) in [5.41, 5.74) is 0. The highest BCUT2D eigenvalue weighted by molar-refractivity contribution is 5.68. The smallest absolute Gasteiger partial charge is 0.305 e. The number of carbonyl (C=O) groups is 1. The minimum Gasteiger partial charge on any atom is -0.469 e. The van der Waals surface area contributed by atoms with Crippen molar-refractivity contribution in [2.75, 3.05) is 33.8 Å². The highest BCUT2D eigenvalue weighted by atomic mass is 16.5. The number of esters is 1. The van der Waals surface area contributed by atoms with Gasteiger partial charge in [-0.2, -0.15) is 0 Å². The lowest BCUT2D eigenvalue weighted by Crippen LogP contribution is -2.48. The van der Waals surface area contributed by atoms with E-state index in [0.29, 0.717) is 6.42 Å². The van der Waals surface area contributed by atoms with Crippen molar-refractivity contribution in [2.24, 2.45) is 0 Å². The van der Waals surface area contributed by atoms with E-state index in [9.17, 15) is 9.90 Å². The van der Waals surface area contributed by atoms with E-state index in [1.54, 1.807) is 0 Å². The van der Waals surface area contributed by atoms with E-state index < -0.39 is 0 Å². The van der Waals surface area contributed by atoms with E-state index in [4.69, 9.17) is 0 Å². The number of nitrogens with zero attached hydrogens (tertiary/aromatic N) is 1. The first-order chi connectivity index (χ1) is 9.97. The van der Waals surface area contributed by atoms with Crippen LogP contribution in [0.4, 0.5) is 0 Å². The predicted molar refractivity (Wildman–Crippen MR) is 87.1 cm³/mol. The molecule has 0 aliphatic carbocycles. The molecule has 1 N–H and O–H groups in total. The summed E-state index contributed by atoms with van der Waals surface area (Å²) in [4.78, 5) is 10.9. The second-order valence-corrected chi connectivity index (χ2v) is 6.32. The number of unbranched alkanes of at least 4 members (excludes halogenated alkanes) is 5. The second-order valence-electron chi connectivity index (χ2n) is 6.32. The van der Waals surface area contributed by atoms with Gasteiger partial charge in [0, 0.05) is 6.42 Å². The van der Waals surface area contributed by atoms with E-state index >= 15 is 0 Å². The van der Waals surface area contributed by atoms with Crippen molar-refractivity contribution >= 4 is 5.97 Å². The van der Waals surface area contributed by atoms with Gasteiger partial charge in [-0.05, 0) is 26.7 Å². The zero-order chi connectivity index (χ0) is 16.1. The third-order valence-corrected chi connectivity index (χ3v) is 4.57. The van der Waals surface area contributed by atoms with Crippen LogP contribution in [-0.2, 0) is 9.53 Å². The average molecular weight is 302 g/mol. The molecule has 0 radical (unpaired) electrons. The molecule has 0 fully saturated rings. The van der Waals surface area contributed by atoms with Gasteiger partial charge < -0.3 is 14.3 Å². The molecule has 0 spiro atoms. The van der Waals surface area contributed by atoms with Crippen LogP contribution in [0.3, 0.4) is 0 Å². The van der Waals surface area contributed by atoms with Crippen LogP contribution in [0.5, 0.6) is 0 Å². The molecule has 126 valence electrons. The van der Waals surface area contributed by atoms with Gasteiger partial charge in [0.1, 0.15) is 12.6 Å². The summed E-state index contributed by atoms with van der Waals surface area (Å²) in [6.07, 6.45) is 7.95. The van der Waals surface area contributed by atoms with Gasteiger partial charge in [-0.3, -0.25) is 4.79 Å². The molecule has 0 saturated carbocycles. The lowest BCUT2D eigenvalue weighted by molar-refractivity contribution is -0.909. The van der Waals surface area contributed by atoms with Gasteiger partial charge in [-0.25, -0.2) is 0 Å². The quantitative estimate of drug-likeness (QED) is 0.323. The van der Waals surface area contributed by atoms with Crippen molar-refractivity contribution in [1.82, 2.24) is 0 Å². The summed E-state index contributed by atoms with van der Waals surface area (Å²) in [6.45, 7) is 7.39. The normalized spacial score (nSPS) is 13.2. The van der Waals surface area contributed by atoms with Crippen LogP contribution in [0.15, 0.2) is 0 Å². The van der Waals surface area contributed by atoms with Gasteiger partial charge in [0.2, 0.25) is 0 Å². The molecule has 0 aliphatic rings. The van der Waals surface area contributed by atoms with Crippen LogP contribution < -0.4 is 0 Å². The van der Waals surface area contributed by atoms with Crippen molar-refractivity contribution in [3.8, 4) is 0 Å². The molecular formula is C17H36NO3+. The molecule has 0 aliphatic heterocycles. The van der Waals surface area contributed by atoms with E-state index in [1.165, 1.54) is 26.4 Å². The molecule has 4 nitrogen and oxygen atoms in total. The Kier molecular flexibility index (Phi) is 11.6. The topological polar surface area (TPSA) is 46.5 Å². The summed E-state index contributed by atoms with van der Waals surface area (Å²) in [6, 6.07) is 0. The molecule has 0 aromatic heterocycles. The highest BCUT2D eigenvalue weighted by Crippen LogP contribution is 2.12. The molecule has 0 rings (SSSR count). The number of ether oxygens (including phenoxy) is 1. The van der Waals surface area contributed by atoms with Crippen LogP contribution in [0, 0.1) is 0 Å². The minimum atomic E-state index is -0.172. The largest absolute Gasteiger partial charge is 0.469 e. The molecule has 21 heavy (non-hydrogen) atoms. The molecule has 0 aromatic rings. The lowest BCUT2D eigenvalue weighted by atomic mass is 10.1. The number of hydrogen-bond donors (Lipinski definition) is 1. The first-order valence-electron chi connectivity index (χ1n) is 8.55. The molecule has 4 heteroatoms. The van der Waals surface area contributed by atoms with Crippen molar-refractivity contribution in [3.63, 3.8) is 0 Å². The maximum absolute atomic E-state index is 10.9. The summed E-state index contributed by atoms with van der Waals surface area (Å²) in [5.74, 6) is -0.105. The number of carbonyl (C=O) groups excluding carboxylic acids is 1. The number of likely N-dealkylation sites (N-methyl/N-ethyl adjacent to an activating group) is 1. The van der Waals surface area contributed by atoms with Crippen molar-refractivity contribution in [1.29, 1.82) is 0 Å². The number of aliphatic hydroxyl groups excluding tert-OH is 1. The summed E-state index contributed by atoms with van der Waals surface area (Å²) < 4.78 is 5.56. The van der Waals surface area contributed by atoms with E-state index in [1.807, 2.05) is 0 Å². The summed E-state index contributed by atoms with van der Waals surface area (Å²) in [7, 11) is 3.65. The van der Waals surface area contributed by atoms with Crippen molar-refractivity contribution < 1.29 is 19.1 Å². The Morgan fingerprint density at radius 2 is 1.57 bits per heavy atom. The van der Waals surface area contributed by atoms with Crippen molar-refractivity contribution in [2.45, 2.75) is 71.3 Å². The van der Waals surface area contributed by atoms with Crippen molar-refractivity contribution in [3.05, 3.63) is 0 Å². The Morgan fingerprint density at radius 1 is 1.05 bits per heavy atom. The number of rotatable bonds is 13. The molecule has 0 saturated heterocycles. The van der Waals surface area contributed by atoms with Crippen LogP contribution in [-0.4, -0.2) is 55.5 Å². The maximum atomic E-state index is 10.9. The SMILES string of the molecule is CC[N+](C)(CC)C[C@@H](O)CCCCCCCCC(=O)OC. The first kappa shape index (κ1) is 20.4. The van der Waals surface area contributed by atoms with Gasteiger partial charge in [0.05, 0.1) is 27.2 Å².